The molecule has 0 bridgehead atoms. The summed E-state index contributed by atoms with van der Waals surface area (Å²) in [6, 6.07) is 11.1. The number of ether oxygens (including phenoxy) is 1. The molecular weight excluding hydrogens is 298 g/mol. The quantitative estimate of drug-likeness (QED) is 0.645. The average molecular weight is 313 g/mol. The van der Waals surface area contributed by atoms with Gasteiger partial charge < -0.3 is 9.15 Å². The summed E-state index contributed by atoms with van der Waals surface area (Å²) in [6.07, 6.45) is 3.34. The summed E-state index contributed by atoms with van der Waals surface area (Å²) in [7, 11) is 1.60. The van der Waals surface area contributed by atoms with Gasteiger partial charge in [0.05, 0.1) is 24.9 Å². The summed E-state index contributed by atoms with van der Waals surface area (Å²) in [5.41, 5.74) is 1.39. The number of ketones is 1. The molecule has 0 aliphatic carbocycles. The Bertz CT molecular complexity index is 784. The van der Waals surface area contributed by atoms with Crippen LogP contribution >= 0.6 is 11.8 Å². The predicted octanol–water partition coefficient (Wildman–Crippen LogP) is 3.95. The van der Waals surface area contributed by atoms with Gasteiger partial charge in [0.25, 0.3) is 0 Å². The Morgan fingerprint density at radius 3 is 2.95 bits per heavy atom. The van der Waals surface area contributed by atoms with Crippen LogP contribution in [0.25, 0.3) is 10.9 Å². The van der Waals surface area contributed by atoms with Gasteiger partial charge in [0.15, 0.2) is 5.78 Å². The van der Waals surface area contributed by atoms with Gasteiger partial charge in [0.2, 0.25) is 0 Å². The maximum absolute atomic E-state index is 12.5. The Kier molecular flexibility index (Phi) is 4.44. The van der Waals surface area contributed by atoms with Crippen LogP contribution in [0.15, 0.2) is 53.3 Å². The summed E-state index contributed by atoms with van der Waals surface area (Å²) < 4.78 is 10.6. The Labute approximate surface area is 132 Å². The highest BCUT2D eigenvalue weighted by molar-refractivity contribution is 7.99. The van der Waals surface area contributed by atoms with Gasteiger partial charge in [-0.1, -0.05) is 6.07 Å². The van der Waals surface area contributed by atoms with Crippen LogP contribution in [0, 0.1) is 0 Å². The van der Waals surface area contributed by atoms with E-state index in [9.17, 15) is 4.79 Å². The highest BCUT2D eigenvalue weighted by Crippen LogP contribution is 2.27. The molecule has 2 aromatic heterocycles. The third kappa shape index (κ3) is 2.99. The van der Waals surface area contributed by atoms with Gasteiger partial charge in [-0.05, 0) is 30.3 Å². The number of carbonyl (C=O) groups is 1. The number of carbonyl (C=O) groups excluding carboxylic acids is 1. The highest BCUT2D eigenvalue weighted by atomic mass is 32.2. The molecule has 2 heterocycles. The van der Waals surface area contributed by atoms with Gasteiger partial charge in [-0.15, -0.1) is 11.8 Å². The summed E-state index contributed by atoms with van der Waals surface area (Å²) >= 11 is 1.54. The molecule has 0 amide bonds. The van der Waals surface area contributed by atoms with E-state index in [4.69, 9.17) is 9.15 Å². The molecule has 0 fully saturated rings. The lowest BCUT2D eigenvalue weighted by Crippen LogP contribution is -2.04. The van der Waals surface area contributed by atoms with Crippen molar-refractivity contribution in [3.63, 3.8) is 0 Å². The number of pyridine rings is 1. The van der Waals surface area contributed by atoms with Crippen molar-refractivity contribution in [2.75, 3.05) is 12.9 Å². The van der Waals surface area contributed by atoms with Crippen LogP contribution in [0.3, 0.4) is 0 Å². The third-order valence-corrected chi connectivity index (χ3v) is 4.27. The Morgan fingerprint density at radius 2 is 2.18 bits per heavy atom. The number of aromatic nitrogens is 1. The van der Waals surface area contributed by atoms with Gasteiger partial charge in [0, 0.05) is 17.1 Å². The molecule has 4 nitrogen and oxygen atoms in total. The first-order valence-corrected chi connectivity index (χ1v) is 8.00. The monoisotopic (exact) mass is 313 g/mol. The van der Waals surface area contributed by atoms with Crippen molar-refractivity contribution in [2.45, 2.75) is 5.75 Å². The van der Waals surface area contributed by atoms with Gasteiger partial charge in [-0.2, -0.15) is 0 Å². The summed E-state index contributed by atoms with van der Waals surface area (Å²) in [4.78, 5) is 16.8. The summed E-state index contributed by atoms with van der Waals surface area (Å²) in [5, 5.41) is 0.824. The van der Waals surface area contributed by atoms with Crippen molar-refractivity contribution < 1.29 is 13.9 Å². The number of thioether (sulfide) groups is 1. The number of methoxy groups -OCH3 is 1. The lowest BCUT2D eigenvalue weighted by molar-refractivity contribution is 0.102. The first kappa shape index (κ1) is 14.7. The number of nitrogens with zero attached hydrogens (tertiary/aromatic N) is 1. The number of furan rings is 1. The zero-order valence-electron chi connectivity index (χ0n) is 12.1. The molecule has 112 valence electrons. The second kappa shape index (κ2) is 6.66. The van der Waals surface area contributed by atoms with Gasteiger partial charge in [-0.3, -0.25) is 9.78 Å². The predicted molar refractivity (Wildman–Crippen MR) is 87.5 cm³/mol. The fraction of sp³-hybridized carbons (Fsp3) is 0.176. The molecule has 3 aromatic rings. The van der Waals surface area contributed by atoms with Gasteiger partial charge in [0.1, 0.15) is 17.0 Å². The number of benzene rings is 1. The molecule has 0 aliphatic heterocycles. The van der Waals surface area contributed by atoms with E-state index in [0.29, 0.717) is 28.3 Å². The molecule has 1 aromatic carbocycles. The zero-order valence-corrected chi connectivity index (χ0v) is 12.9. The molecule has 0 N–H and O–H groups in total. The Hall–Kier alpha value is -2.27. The van der Waals surface area contributed by atoms with Crippen molar-refractivity contribution >= 4 is 28.4 Å². The SMILES string of the molecule is COc1ccc(C(=O)CSCc2ccco2)c2cccnc12. The van der Waals surface area contributed by atoms with Crippen LogP contribution in [0.1, 0.15) is 16.1 Å². The normalized spacial score (nSPS) is 10.8. The third-order valence-electron chi connectivity index (χ3n) is 3.31. The van der Waals surface area contributed by atoms with E-state index in [1.54, 1.807) is 31.7 Å². The first-order valence-electron chi connectivity index (χ1n) is 6.84. The first-order chi connectivity index (χ1) is 10.8. The lowest BCUT2D eigenvalue weighted by Gasteiger charge is -2.08. The van der Waals surface area contributed by atoms with Crippen molar-refractivity contribution in [3.8, 4) is 5.75 Å². The maximum atomic E-state index is 12.5. The smallest absolute Gasteiger partial charge is 0.173 e. The molecule has 22 heavy (non-hydrogen) atoms. The Morgan fingerprint density at radius 1 is 1.27 bits per heavy atom. The molecule has 0 radical (unpaired) electrons. The van der Waals surface area contributed by atoms with E-state index in [2.05, 4.69) is 4.98 Å². The molecule has 0 saturated carbocycles. The standard InChI is InChI=1S/C17H15NO3S/c1-20-16-7-6-13(14-5-2-8-18-17(14)16)15(19)11-22-10-12-4-3-9-21-12/h2-9H,10-11H2,1H3. The number of fused-ring (bicyclic) bond motifs is 1. The van der Waals surface area contributed by atoms with E-state index >= 15 is 0 Å². The van der Waals surface area contributed by atoms with Crippen LogP contribution < -0.4 is 4.74 Å². The summed E-state index contributed by atoms with van der Waals surface area (Å²) in [5.74, 6) is 2.72. The van der Waals surface area contributed by atoms with Crippen molar-refractivity contribution in [1.82, 2.24) is 4.98 Å². The van der Waals surface area contributed by atoms with Gasteiger partial charge in [-0.25, -0.2) is 0 Å². The minimum atomic E-state index is 0.0807. The minimum absolute atomic E-state index is 0.0807. The fourth-order valence-electron chi connectivity index (χ4n) is 2.27. The number of Topliss-reactive ketones (excluding diaryl/α,β-unsaturated/α-hetero) is 1. The second-order valence-electron chi connectivity index (χ2n) is 4.71. The number of hydrogen-bond acceptors (Lipinski definition) is 5. The number of rotatable bonds is 6. The fourth-order valence-corrected chi connectivity index (χ4v) is 3.08. The second-order valence-corrected chi connectivity index (χ2v) is 5.70. The van der Waals surface area contributed by atoms with Crippen LogP contribution in [-0.4, -0.2) is 23.6 Å². The summed E-state index contributed by atoms with van der Waals surface area (Å²) in [6.45, 7) is 0. The van der Waals surface area contributed by atoms with Crippen molar-refractivity contribution in [3.05, 3.63) is 60.2 Å². The van der Waals surface area contributed by atoms with E-state index in [-0.39, 0.29) is 5.78 Å². The lowest BCUT2D eigenvalue weighted by atomic mass is 10.0. The van der Waals surface area contributed by atoms with Crippen LogP contribution in [-0.2, 0) is 5.75 Å². The van der Waals surface area contributed by atoms with Crippen molar-refractivity contribution in [2.24, 2.45) is 0 Å². The molecule has 0 spiro atoms. The minimum Gasteiger partial charge on any atom is -0.494 e. The molecule has 3 rings (SSSR count). The van der Waals surface area contributed by atoms with E-state index < -0.39 is 0 Å². The molecule has 0 atom stereocenters. The topological polar surface area (TPSA) is 52.3 Å². The van der Waals surface area contributed by atoms with Gasteiger partial charge >= 0.3 is 0 Å². The van der Waals surface area contributed by atoms with Crippen LogP contribution in [0.4, 0.5) is 0 Å². The van der Waals surface area contributed by atoms with Crippen LogP contribution in [0.5, 0.6) is 5.75 Å². The average Bonchev–Trinajstić information content (AvgIpc) is 3.07. The largest absolute Gasteiger partial charge is 0.494 e. The molecule has 5 heteroatoms. The molecule has 0 saturated heterocycles. The van der Waals surface area contributed by atoms with Crippen LogP contribution in [0.2, 0.25) is 0 Å². The Balaban J connectivity index is 1.79. The van der Waals surface area contributed by atoms with E-state index in [0.717, 1.165) is 11.1 Å². The number of hydrogen-bond donors (Lipinski definition) is 0. The van der Waals surface area contributed by atoms with E-state index in [1.165, 1.54) is 11.8 Å². The van der Waals surface area contributed by atoms with E-state index in [1.807, 2.05) is 24.3 Å². The zero-order chi connectivity index (χ0) is 15.4. The molecule has 0 aliphatic rings. The maximum Gasteiger partial charge on any atom is 0.173 e. The highest BCUT2D eigenvalue weighted by Gasteiger charge is 2.13. The molecular formula is C17H15NO3S. The van der Waals surface area contributed by atoms with Crippen molar-refractivity contribution in [1.29, 1.82) is 0 Å². The molecule has 0 unspecified atom stereocenters.